The Kier molecular flexibility index (Phi) is 4.06. The number of benzene rings is 2. The quantitative estimate of drug-likeness (QED) is 0.868. The molecule has 0 bridgehead atoms. The van der Waals surface area contributed by atoms with E-state index >= 15 is 0 Å². The van der Waals surface area contributed by atoms with E-state index in [0.717, 1.165) is 0 Å². The topological polar surface area (TPSA) is 61.2 Å². The molecule has 0 radical (unpaired) electrons. The van der Waals surface area contributed by atoms with Crippen LogP contribution in [-0.2, 0) is 10.0 Å². The first-order valence-electron chi connectivity index (χ1n) is 6.17. The zero-order valence-corrected chi connectivity index (χ0v) is 11.8. The molecule has 0 unspecified atom stereocenters. The lowest BCUT2D eigenvalue weighted by Gasteiger charge is -2.22. The summed E-state index contributed by atoms with van der Waals surface area (Å²) in [6.45, 7) is 2.10. The first-order chi connectivity index (χ1) is 9.59. The molecule has 102 valence electrons. The highest BCUT2D eigenvalue weighted by molar-refractivity contribution is 7.92. The van der Waals surface area contributed by atoms with Crippen molar-refractivity contribution in [2.75, 3.05) is 10.8 Å². The van der Waals surface area contributed by atoms with Crippen molar-refractivity contribution < 1.29 is 8.42 Å². The predicted octanol–water partition coefficient (Wildman–Crippen LogP) is 2.77. The zero-order valence-electron chi connectivity index (χ0n) is 11.0. The van der Waals surface area contributed by atoms with Gasteiger partial charge in [0.2, 0.25) is 0 Å². The fourth-order valence-corrected chi connectivity index (χ4v) is 3.46. The zero-order chi connectivity index (χ0) is 14.6. The Labute approximate surface area is 118 Å². The number of nitriles is 1. The summed E-state index contributed by atoms with van der Waals surface area (Å²) in [4.78, 5) is 0.127. The normalized spacial score (nSPS) is 10.8. The van der Waals surface area contributed by atoms with E-state index < -0.39 is 10.0 Å². The number of hydrogen-bond acceptors (Lipinski definition) is 3. The van der Waals surface area contributed by atoms with E-state index in [-0.39, 0.29) is 4.90 Å². The Morgan fingerprint density at radius 1 is 1.10 bits per heavy atom. The summed E-state index contributed by atoms with van der Waals surface area (Å²) in [5.41, 5.74) is 0.938. The molecule has 2 rings (SSSR count). The molecule has 4 nitrogen and oxygen atoms in total. The van der Waals surface area contributed by atoms with Gasteiger partial charge in [0.1, 0.15) is 0 Å². The fourth-order valence-electron chi connectivity index (χ4n) is 1.94. The summed E-state index contributed by atoms with van der Waals surface area (Å²) >= 11 is 0. The van der Waals surface area contributed by atoms with Gasteiger partial charge in [-0.2, -0.15) is 5.26 Å². The van der Waals surface area contributed by atoms with E-state index in [0.29, 0.717) is 17.8 Å². The van der Waals surface area contributed by atoms with Gasteiger partial charge >= 0.3 is 0 Å². The Morgan fingerprint density at radius 2 is 1.80 bits per heavy atom. The second kappa shape index (κ2) is 5.76. The van der Waals surface area contributed by atoms with Crippen LogP contribution in [0, 0.1) is 11.3 Å². The lowest BCUT2D eigenvalue weighted by molar-refractivity contribution is 0.592. The molecule has 0 saturated heterocycles. The van der Waals surface area contributed by atoms with Crippen molar-refractivity contribution in [2.24, 2.45) is 0 Å². The predicted molar refractivity (Wildman–Crippen MR) is 77.8 cm³/mol. The van der Waals surface area contributed by atoms with Gasteiger partial charge < -0.3 is 0 Å². The largest absolute Gasteiger partial charge is 0.267 e. The molecule has 0 aliphatic carbocycles. The van der Waals surface area contributed by atoms with Crippen LogP contribution in [0.15, 0.2) is 59.5 Å². The highest BCUT2D eigenvalue weighted by Gasteiger charge is 2.23. The van der Waals surface area contributed by atoms with Crippen molar-refractivity contribution in [3.05, 3.63) is 60.2 Å². The highest BCUT2D eigenvalue weighted by Crippen LogP contribution is 2.23. The van der Waals surface area contributed by atoms with E-state index in [9.17, 15) is 8.42 Å². The molecule has 0 spiro atoms. The molecule has 0 N–H and O–H groups in total. The number of hydrogen-bond donors (Lipinski definition) is 0. The van der Waals surface area contributed by atoms with Crippen molar-refractivity contribution >= 4 is 15.7 Å². The molecule has 0 aliphatic rings. The summed E-state index contributed by atoms with van der Waals surface area (Å²) < 4.78 is 26.6. The maximum atomic E-state index is 12.6. The van der Waals surface area contributed by atoms with Gasteiger partial charge in [0, 0.05) is 6.54 Å². The van der Waals surface area contributed by atoms with Crippen LogP contribution in [0.25, 0.3) is 0 Å². The minimum atomic E-state index is -3.65. The van der Waals surface area contributed by atoms with Gasteiger partial charge in [-0.15, -0.1) is 0 Å². The molecule has 2 aromatic carbocycles. The maximum absolute atomic E-state index is 12.6. The number of para-hydroxylation sites is 1. The van der Waals surface area contributed by atoms with Crippen molar-refractivity contribution in [3.63, 3.8) is 0 Å². The Morgan fingerprint density at radius 3 is 2.40 bits per heavy atom. The van der Waals surface area contributed by atoms with Gasteiger partial charge in [0.05, 0.1) is 22.2 Å². The van der Waals surface area contributed by atoms with Gasteiger partial charge in [0.25, 0.3) is 10.0 Å². The number of nitrogens with zero attached hydrogens (tertiary/aromatic N) is 2. The molecule has 0 aromatic heterocycles. The smallest absolute Gasteiger partial charge is 0.264 e. The van der Waals surface area contributed by atoms with Crippen molar-refractivity contribution in [1.82, 2.24) is 0 Å². The van der Waals surface area contributed by atoms with Crippen LogP contribution in [0.4, 0.5) is 5.69 Å². The van der Waals surface area contributed by atoms with E-state index in [2.05, 4.69) is 0 Å². The van der Waals surface area contributed by atoms with Gasteiger partial charge in [-0.05, 0) is 37.3 Å². The fraction of sp³-hybridized carbons (Fsp3) is 0.133. The third-order valence-electron chi connectivity index (χ3n) is 2.88. The lowest BCUT2D eigenvalue weighted by Crippen LogP contribution is -2.30. The first-order valence-corrected chi connectivity index (χ1v) is 7.61. The highest BCUT2D eigenvalue weighted by atomic mass is 32.2. The summed E-state index contributed by atoms with van der Waals surface area (Å²) in [5.74, 6) is 0. The van der Waals surface area contributed by atoms with Crippen LogP contribution in [-0.4, -0.2) is 15.0 Å². The van der Waals surface area contributed by atoms with Crippen molar-refractivity contribution in [2.45, 2.75) is 11.8 Å². The molecule has 0 atom stereocenters. The minimum Gasteiger partial charge on any atom is -0.267 e. The van der Waals surface area contributed by atoms with Gasteiger partial charge in [-0.3, -0.25) is 4.31 Å². The second-order valence-electron chi connectivity index (χ2n) is 4.14. The Balaban J connectivity index is 2.50. The average Bonchev–Trinajstić information content (AvgIpc) is 2.49. The van der Waals surface area contributed by atoms with Crippen molar-refractivity contribution in [3.8, 4) is 6.07 Å². The van der Waals surface area contributed by atoms with Crippen LogP contribution in [0.5, 0.6) is 0 Å². The van der Waals surface area contributed by atoms with Crippen LogP contribution in [0.1, 0.15) is 12.5 Å². The van der Waals surface area contributed by atoms with Crippen LogP contribution in [0.3, 0.4) is 0 Å². The second-order valence-corrected chi connectivity index (χ2v) is 6.01. The summed E-state index contributed by atoms with van der Waals surface area (Å²) in [5, 5.41) is 8.88. The van der Waals surface area contributed by atoms with Crippen molar-refractivity contribution in [1.29, 1.82) is 5.26 Å². The lowest BCUT2D eigenvalue weighted by atomic mass is 10.2. The van der Waals surface area contributed by atoms with E-state index in [1.54, 1.807) is 43.3 Å². The molecule has 20 heavy (non-hydrogen) atoms. The van der Waals surface area contributed by atoms with Crippen LogP contribution < -0.4 is 4.31 Å². The molecular formula is C15H14N2O2S. The standard InChI is InChI=1S/C15H14N2O2S/c1-2-17(14-8-4-3-5-9-14)20(18,19)15-10-6-7-13(11-15)12-16/h3-11H,2H2,1H3. The van der Waals surface area contributed by atoms with Gasteiger partial charge in [-0.1, -0.05) is 24.3 Å². The number of anilines is 1. The van der Waals surface area contributed by atoms with Crippen LogP contribution in [0.2, 0.25) is 0 Å². The molecule has 0 heterocycles. The Hall–Kier alpha value is -2.32. The summed E-state index contributed by atoms with van der Waals surface area (Å²) in [6, 6.07) is 16.9. The number of sulfonamides is 1. The third-order valence-corrected chi connectivity index (χ3v) is 4.78. The molecule has 5 heteroatoms. The molecule has 2 aromatic rings. The van der Waals surface area contributed by atoms with Crippen LogP contribution >= 0.6 is 0 Å². The first kappa shape index (κ1) is 14.1. The SMILES string of the molecule is CCN(c1ccccc1)S(=O)(=O)c1cccc(C#N)c1. The molecule has 0 fully saturated rings. The van der Waals surface area contributed by atoms with E-state index in [4.69, 9.17) is 5.26 Å². The van der Waals surface area contributed by atoms with Gasteiger partial charge in [0.15, 0.2) is 0 Å². The molecular weight excluding hydrogens is 272 g/mol. The van der Waals surface area contributed by atoms with E-state index in [1.807, 2.05) is 12.1 Å². The van der Waals surface area contributed by atoms with Gasteiger partial charge in [-0.25, -0.2) is 8.42 Å². The monoisotopic (exact) mass is 286 g/mol. The molecule has 0 aliphatic heterocycles. The minimum absolute atomic E-state index is 0.127. The third kappa shape index (κ3) is 2.65. The Bertz CT molecular complexity index is 734. The maximum Gasteiger partial charge on any atom is 0.264 e. The average molecular weight is 286 g/mol. The molecule has 0 amide bonds. The molecule has 0 saturated carbocycles. The number of rotatable bonds is 4. The van der Waals surface area contributed by atoms with E-state index in [1.165, 1.54) is 16.4 Å². The summed E-state index contributed by atoms with van der Waals surface area (Å²) in [6.07, 6.45) is 0. The summed E-state index contributed by atoms with van der Waals surface area (Å²) in [7, 11) is -3.65.